The van der Waals surface area contributed by atoms with Crippen LogP contribution in [0.3, 0.4) is 0 Å². The number of allylic oxidation sites excluding steroid dienone is 1. The number of hydrogen-bond donors (Lipinski definition) is 1. The van der Waals surface area contributed by atoms with Crippen LogP contribution in [0, 0.1) is 0 Å². The Bertz CT molecular complexity index is 320. The second-order valence-corrected chi connectivity index (χ2v) is 6.05. The number of unbranched alkanes of at least 4 members (excludes halogenated alkanes) is 3. The van der Waals surface area contributed by atoms with Crippen LogP contribution in [-0.2, 0) is 14.1 Å². The summed E-state index contributed by atoms with van der Waals surface area (Å²) in [5.41, 5.74) is -0.576. The van der Waals surface area contributed by atoms with E-state index >= 15 is 0 Å². The molecule has 0 bridgehead atoms. The first-order valence-electron chi connectivity index (χ1n) is 6.99. The smallest absolute Gasteiger partial charge is 0.481 e. The van der Waals surface area contributed by atoms with Crippen molar-refractivity contribution in [2.45, 2.75) is 71.0 Å². The van der Waals surface area contributed by atoms with E-state index < -0.39 is 5.97 Å². The van der Waals surface area contributed by atoms with Crippen LogP contribution in [0.2, 0.25) is 0 Å². The van der Waals surface area contributed by atoms with Gasteiger partial charge in [-0.15, -0.1) is 0 Å². The van der Waals surface area contributed by atoms with Gasteiger partial charge in [0.1, 0.15) is 0 Å². The lowest BCUT2D eigenvalue weighted by molar-refractivity contribution is -0.137. The van der Waals surface area contributed by atoms with E-state index in [4.69, 9.17) is 14.4 Å². The summed E-state index contributed by atoms with van der Waals surface area (Å²) in [6, 6.07) is 0. The predicted molar refractivity (Wildman–Crippen MR) is 75.9 cm³/mol. The van der Waals surface area contributed by atoms with Crippen LogP contribution in [-0.4, -0.2) is 29.4 Å². The first kappa shape index (κ1) is 16.2. The van der Waals surface area contributed by atoms with Gasteiger partial charge in [-0.3, -0.25) is 4.79 Å². The standard InChI is InChI=1S/C14H25BO4/c1-13(2)14(3,4)19-15(18-13)11-9-7-5-6-8-10-12(16)17/h9,11H,5-8,10H2,1-4H3,(H,16,17). The van der Waals surface area contributed by atoms with Crippen molar-refractivity contribution in [1.29, 1.82) is 0 Å². The lowest BCUT2D eigenvalue weighted by Gasteiger charge is -2.32. The number of aliphatic carboxylic acids is 1. The van der Waals surface area contributed by atoms with E-state index in [0.717, 1.165) is 25.7 Å². The largest absolute Gasteiger partial charge is 0.486 e. The van der Waals surface area contributed by atoms with Crippen molar-refractivity contribution in [3.05, 3.63) is 12.1 Å². The van der Waals surface area contributed by atoms with E-state index in [1.807, 2.05) is 33.7 Å². The quantitative estimate of drug-likeness (QED) is 0.569. The molecule has 0 spiro atoms. The van der Waals surface area contributed by atoms with Crippen molar-refractivity contribution in [3.8, 4) is 0 Å². The molecule has 1 saturated heterocycles. The molecule has 108 valence electrons. The van der Waals surface area contributed by atoms with Gasteiger partial charge in [-0.1, -0.05) is 18.5 Å². The molecule has 19 heavy (non-hydrogen) atoms. The summed E-state index contributed by atoms with van der Waals surface area (Å²) in [5, 5.41) is 8.51. The molecule has 0 radical (unpaired) electrons. The first-order chi connectivity index (χ1) is 8.74. The Hall–Kier alpha value is -0.805. The maximum atomic E-state index is 10.3. The third-order valence-electron chi connectivity index (χ3n) is 3.83. The van der Waals surface area contributed by atoms with Crippen LogP contribution >= 0.6 is 0 Å². The van der Waals surface area contributed by atoms with Crippen molar-refractivity contribution in [2.24, 2.45) is 0 Å². The normalized spacial score (nSPS) is 21.2. The average molecular weight is 268 g/mol. The van der Waals surface area contributed by atoms with Gasteiger partial charge in [-0.2, -0.15) is 0 Å². The third kappa shape index (κ3) is 4.99. The molecule has 0 aromatic carbocycles. The van der Waals surface area contributed by atoms with Crippen molar-refractivity contribution in [2.75, 3.05) is 0 Å². The minimum atomic E-state index is -0.715. The number of carboxylic acid groups (broad SMARTS) is 1. The Balaban J connectivity index is 2.19. The summed E-state index contributed by atoms with van der Waals surface area (Å²) in [6.45, 7) is 8.14. The molecule has 1 fully saturated rings. The zero-order valence-electron chi connectivity index (χ0n) is 12.4. The van der Waals surface area contributed by atoms with Crippen LogP contribution in [0.25, 0.3) is 0 Å². The fourth-order valence-electron chi connectivity index (χ4n) is 1.89. The van der Waals surface area contributed by atoms with Gasteiger partial charge in [-0.05, 0) is 47.0 Å². The average Bonchev–Trinajstić information content (AvgIpc) is 2.45. The molecular formula is C14H25BO4. The predicted octanol–water partition coefficient (Wildman–Crippen LogP) is 3.21. The molecule has 0 aromatic rings. The van der Waals surface area contributed by atoms with Gasteiger partial charge in [0.05, 0.1) is 11.2 Å². The number of carbonyl (C=O) groups is 1. The molecule has 4 nitrogen and oxygen atoms in total. The van der Waals surface area contributed by atoms with E-state index in [0.29, 0.717) is 0 Å². The van der Waals surface area contributed by atoms with Gasteiger partial charge in [0.25, 0.3) is 0 Å². The Morgan fingerprint density at radius 3 is 2.21 bits per heavy atom. The van der Waals surface area contributed by atoms with Gasteiger partial charge >= 0.3 is 13.1 Å². The molecule has 0 saturated carbocycles. The summed E-state index contributed by atoms with van der Waals surface area (Å²) >= 11 is 0. The van der Waals surface area contributed by atoms with Crippen LogP contribution in [0.5, 0.6) is 0 Å². The van der Waals surface area contributed by atoms with Gasteiger partial charge in [-0.25, -0.2) is 0 Å². The second kappa shape index (κ2) is 6.57. The summed E-state index contributed by atoms with van der Waals surface area (Å²) in [4.78, 5) is 10.3. The first-order valence-corrected chi connectivity index (χ1v) is 6.99. The van der Waals surface area contributed by atoms with E-state index in [9.17, 15) is 4.79 Å². The van der Waals surface area contributed by atoms with Crippen LogP contribution in [0.15, 0.2) is 12.1 Å². The van der Waals surface area contributed by atoms with Gasteiger partial charge in [0.15, 0.2) is 0 Å². The van der Waals surface area contributed by atoms with E-state index in [1.54, 1.807) is 0 Å². The zero-order chi connectivity index (χ0) is 14.5. The summed E-state index contributed by atoms with van der Waals surface area (Å²) in [5.74, 6) is 1.24. The summed E-state index contributed by atoms with van der Waals surface area (Å²) < 4.78 is 11.7. The Labute approximate surface area is 116 Å². The van der Waals surface area contributed by atoms with Crippen molar-refractivity contribution >= 4 is 13.1 Å². The lowest BCUT2D eigenvalue weighted by atomic mass is 9.89. The molecule has 0 aliphatic carbocycles. The second-order valence-electron chi connectivity index (χ2n) is 6.05. The number of carboxylic acids is 1. The molecule has 1 N–H and O–H groups in total. The highest BCUT2D eigenvalue weighted by Gasteiger charge is 2.49. The van der Waals surface area contributed by atoms with Crippen LogP contribution in [0.4, 0.5) is 0 Å². The SMILES string of the molecule is CC1(C)OB(C=CCCCCCC(=O)O)OC1(C)C. The van der Waals surface area contributed by atoms with E-state index in [-0.39, 0.29) is 24.7 Å². The fraction of sp³-hybridized carbons (Fsp3) is 0.786. The zero-order valence-corrected chi connectivity index (χ0v) is 12.4. The molecule has 1 heterocycles. The van der Waals surface area contributed by atoms with E-state index in [2.05, 4.69) is 6.08 Å². The molecule has 0 amide bonds. The fourth-order valence-corrected chi connectivity index (χ4v) is 1.89. The van der Waals surface area contributed by atoms with Crippen molar-refractivity contribution in [1.82, 2.24) is 0 Å². The van der Waals surface area contributed by atoms with Crippen molar-refractivity contribution < 1.29 is 19.2 Å². The highest BCUT2D eigenvalue weighted by atomic mass is 16.7. The van der Waals surface area contributed by atoms with Crippen LogP contribution in [0.1, 0.15) is 59.8 Å². The molecule has 1 rings (SSSR count). The number of hydrogen-bond acceptors (Lipinski definition) is 3. The maximum absolute atomic E-state index is 10.3. The minimum Gasteiger partial charge on any atom is -0.481 e. The molecular weight excluding hydrogens is 243 g/mol. The highest BCUT2D eigenvalue weighted by molar-refractivity contribution is 6.51. The highest BCUT2D eigenvalue weighted by Crippen LogP contribution is 2.36. The molecule has 0 atom stereocenters. The molecule has 1 aliphatic rings. The van der Waals surface area contributed by atoms with Gasteiger partial charge < -0.3 is 14.4 Å². The molecule has 1 aliphatic heterocycles. The van der Waals surface area contributed by atoms with Gasteiger partial charge in [0, 0.05) is 6.42 Å². The van der Waals surface area contributed by atoms with Gasteiger partial charge in [0.2, 0.25) is 0 Å². The molecule has 5 heteroatoms. The summed E-state index contributed by atoms with van der Waals surface area (Å²) in [6.07, 6.45) is 5.95. The Morgan fingerprint density at radius 1 is 1.11 bits per heavy atom. The lowest BCUT2D eigenvalue weighted by Crippen LogP contribution is -2.41. The maximum Gasteiger partial charge on any atom is 0.486 e. The number of rotatable bonds is 7. The monoisotopic (exact) mass is 268 g/mol. The van der Waals surface area contributed by atoms with E-state index in [1.165, 1.54) is 0 Å². The summed E-state index contributed by atoms with van der Waals surface area (Å²) in [7, 11) is -0.274. The Morgan fingerprint density at radius 2 is 1.68 bits per heavy atom. The minimum absolute atomic E-state index is 0.265. The van der Waals surface area contributed by atoms with Crippen LogP contribution < -0.4 is 0 Å². The Kier molecular flexibility index (Phi) is 5.62. The van der Waals surface area contributed by atoms with Crippen molar-refractivity contribution in [3.63, 3.8) is 0 Å². The third-order valence-corrected chi connectivity index (χ3v) is 3.83. The molecule has 0 unspecified atom stereocenters. The topological polar surface area (TPSA) is 55.8 Å². The molecule has 0 aromatic heterocycles.